The van der Waals surface area contributed by atoms with Gasteiger partial charge in [0.05, 0.1) is 5.69 Å². The SMILES string of the molecule is Ic1ncnc2c1CCN=C2. The second kappa shape index (κ2) is 2.84. The van der Waals surface area contributed by atoms with Crippen LogP contribution in [0.25, 0.3) is 0 Å². The third-order valence-electron chi connectivity index (χ3n) is 1.63. The van der Waals surface area contributed by atoms with Crippen LogP contribution < -0.4 is 0 Å². The predicted octanol–water partition coefficient (Wildman–Crippen LogP) is 1.06. The van der Waals surface area contributed by atoms with Crippen LogP contribution in [0.4, 0.5) is 0 Å². The lowest BCUT2D eigenvalue weighted by atomic mass is 10.1. The third-order valence-corrected chi connectivity index (χ3v) is 2.56. The molecule has 0 fully saturated rings. The van der Waals surface area contributed by atoms with Crippen molar-refractivity contribution >= 4 is 28.8 Å². The molecule has 0 saturated carbocycles. The summed E-state index contributed by atoms with van der Waals surface area (Å²) in [4.78, 5) is 12.4. The Kier molecular flexibility index (Phi) is 1.85. The lowest BCUT2D eigenvalue weighted by Gasteiger charge is -2.08. The van der Waals surface area contributed by atoms with Gasteiger partial charge in [-0.25, -0.2) is 9.97 Å². The summed E-state index contributed by atoms with van der Waals surface area (Å²) >= 11 is 2.23. The number of fused-ring (bicyclic) bond motifs is 1. The van der Waals surface area contributed by atoms with Crippen LogP contribution in [0.15, 0.2) is 11.3 Å². The van der Waals surface area contributed by atoms with Gasteiger partial charge in [0.1, 0.15) is 10.0 Å². The van der Waals surface area contributed by atoms with Crippen molar-refractivity contribution in [2.24, 2.45) is 4.99 Å². The highest BCUT2D eigenvalue weighted by Crippen LogP contribution is 2.14. The zero-order valence-corrected chi connectivity index (χ0v) is 7.95. The van der Waals surface area contributed by atoms with E-state index in [-0.39, 0.29) is 0 Å². The summed E-state index contributed by atoms with van der Waals surface area (Å²) in [5.74, 6) is 0. The second-order valence-corrected chi connectivity index (χ2v) is 3.34. The number of aliphatic imine (C=N–C) groups is 1. The van der Waals surface area contributed by atoms with Crippen molar-refractivity contribution in [1.82, 2.24) is 9.97 Å². The topological polar surface area (TPSA) is 38.1 Å². The molecule has 2 heterocycles. The molecule has 1 aliphatic heterocycles. The normalized spacial score (nSPS) is 14.6. The summed E-state index contributed by atoms with van der Waals surface area (Å²) < 4.78 is 1.05. The summed E-state index contributed by atoms with van der Waals surface area (Å²) in [6.07, 6.45) is 4.38. The molecule has 0 saturated heterocycles. The Bertz CT molecular complexity index is 309. The van der Waals surface area contributed by atoms with Crippen molar-refractivity contribution in [2.45, 2.75) is 6.42 Å². The Morgan fingerprint density at radius 2 is 2.27 bits per heavy atom. The van der Waals surface area contributed by atoms with Gasteiger partial charge in [0.25, 0.3) is 0 Å². The van der Waals surface area contributed by atoms with Crippen molar-refractivity contribution in [1.29, 1.82) is 0 Å². The van der Waals surface area contributed by atoms with Crippen LogP contribution in [-0.4, -0.2) is 22.7 Å². The first-order valence-corrected chi connectivity index (χ1v) is 4.45. The number of halogens is 1. The molecule has 0 N–H and O–H groups in total. The van der Waals surface area contributed by atoms with Crippen LogP contribution >= 0.6 is 22.6 Å². The summed E-state index contributed by atoms with van der Waals surface area (Å²) in [5.41, 5.74) is 2.22. The second-order valence-electron chi connectivity index (χ2n) is 2.31. The van der Waals surface area contributed by atoms with E-state index < -0.39 is 0 Å². The molecular formula is C7H6IN3. The van der Waals surface area contributed by atoms with Crippen LogP contribution in [0.5, 0.6) is 0 Å². The molecule has 56 valence electrons. The molecule has 0 bridgehead atoms. The average Bonchev–Trinajstić information content (AvgIpc) is 2.06. The number of hydrogen-bond donors (Lipinski definition) is 0. The smallest absolute Gasteiger partial charge is 0.117 e. The van der Waals surface area contributed by atoms with Gasteiger partial charge < -0.3 is 0 Å². The molecule has 11 heavy (non-hydrogen) atoms. The molecule has 0 amide bonds. The standard InChI is InChI=1S/C7H6IN3/c8-7-5-1-2-9-3-6(5)10-4-11-7/h3-4H,1-2H2. The van der Waals surface area contributed by atoms with E-state index in [1.54, 1.807) is 6.33 Å². The minimum atomic E-state index is 0.871. The maximum atomic E-state index is 4.14. The molecule has 0 unspecified atom stereocenters. The van der Waals surface area contributed by atoms with Gasteiger partial charge in [-0.3, -0.25) is 4.99 Å². The quantitative estimate of drug-likeness (QED) is 0.516. The highest BCUT2D eigenvalue weighted by molar-refractivity contribution is 14.1. The molecule has 0 aromatic carbocycles. The number of hydrogen-bond acceptors (Lipinski definition) is 3. The molecule has 2 rings (SSSR count). The fourth-order valence-electron chi connectivity index (χ4n) is 1.07. The predicted molar refractivity (Wildman–Crippen MR) is 50.9 cm³/mol. The van der Waals surface area contributed by atoms with Gasteiger partial charge >= 0.3 is 0 Å². The Labute approximate surface area is 78.1 Å². The summed E-state index contributed by atoms with van der Waals surface area (Å²) in [5, 5.41) is 0. The molecule has 1 aliphatic rings. The summed E-state index contributed by atoms with van der Waals surface area (Å²) in [6, 6.07) is 0. The highest BCUT2D eigenvalue weighted by Gasteiger charge is 2.09. The van der Waals surface area contributed by atoms with Crippen molar-refractivity contribution < 1.29 is 0 Å². The first-order chi connectivity index (χ1) is 5.38. The van der Waals surface area contributed by atoms with Crippen molar-refractivity contribution in [3.8, 4) is 0 Å². The van der Waals surface area contributed by atoms with Crippen LogP contribution in [0.3, 0.4) is 0 Å². The van der Waals surface area contributed by atoms with Gasteiger partial charge in [0.2, 0.25) is 0 Å². The van der Waals surface area contributed by atoms with Crippen LogP contribution in [-0.2, 0) is 6.42 Å². The van der Waals surface area contributed by atoms with Crippen LogP contribution in [0.1, 0.15) is 11.3 Å². The van der Waals surface area contributed by atoms with Crippen LogP contribution in [0, 0.1) is 3.70 Å². The van der Waals surface area contributed by atoms with E-state index in [1.807, 2.05) is 6.21 Å². The largest absolute Gasteiger partial charge is 0.291 e. The van der Waals surface area contributed by atoms with Crippen molar-refractivity contribution in [3.63, 3.8) is 0 Å². The number of nitrogens with zero attached hydrogens (tertiary/aromatic N) is 3. The lowest BCUT2D eigenvalue weighted by Crippen LogP contribution is -2.08. The van der Waals surface area contributed by atoms with E-state index in [1.165, 1.54) is 5.56 Å². The van der Waals surface area contributed by atoms with Crippen molar-refractivity contribution in [2.75, 3.05) is 6.54 Å². The lowest BCUT2D eigenvalue weighted by molar-refractivity contribution is 0.903. The van der Waals surface area contributed by atoms with Gasteiger partial charge in [-0.1, -0.05) is 0 Å². The summed E-state index contributed by atoms with van der Waals surface area (Å²) in [7, 11) is 0. The van der Waals surface area contributed by atoms with E-state index in [0.29, 0.717) is 0 Å². The molecule has 1 aromatic heterocycles. The van der Waals surface area contributed by atoms with Gasteiger partial charge in [0, 0.05) is 18.3 Å². The van der Waals surface area contributed by atoms with Gasteiger partial charge in [-0.2, -0.15) is 0 Å². The fourth-order valence-corrected chi connectivity index (χ4v) is 1.74. The maximum absolute atomic E-state index is 4.14. The van der Waals surface area contributed by atoms with E-state index in [4.69, 9.17) is 0 Å². The molecular weight excluding hydrogens is 253 g/mol. The monoisotopic (exact) mass is 259 g/mol. The Morgan fingerprint density at radius 3 is 3.09 bits per heavy atom. The zero-order chi connectivity index (χ0) is 7.68. The van der Waals surface area contributed by atoms with E-state index >= 15 is 0 Å². The molecule has 3 nitrogen and oxygen atoms in total. The van der Waals surface area contributed by atoms with E-state index in [2.05, 4.69) is 37.6 Å². The molecule has 0 radical (unpaired) electrons. The number of aromatic nitrogens is 2. The Morgan fingerprint density at radius 1 is 1.36 bits per heavy atom. The molecule has 0 atom stereocenters. The first kappa shape index (κ1) is 7.15. The first-order valence-electron chi connectivity index (χ1n) is 3.37. The van der Waals surface area contributed by atoms with E-state index in [9.17, 15) is 0 Å². The van der Waals surface area contributed by atoms with Gasteiger partial charge in [-0.05, 0) is 29.0 Å². The highest BCUT2D eigenvalue weighted by atomic mass is 127. The summed E-state index contributed by atoms with van der Waals surface area (Å²) in [6.45, 7) is 0.871. The average molecular weight is 259 g/mol. The minimum absolute atomic E-state index is 0.871. The number of rotatable bonds is 0. The van der Waals surface area contributed by atoms with Gasteiger partial charge in [0.15, 0.2) is 0 Å². The van der Waals surface area contributed by atoms with Crippen LogP contribution in [0.2, 0.25) is 0 Å². The van der Waals surface area contributed by atoms with Crippen molar-refractivity contribution in [3.05, 3.63) is 21.3 Å². The third kappa shape index (κ3) is 1.26. The van der Waals surface area contributed by atoms with E-state index in [0.717, 1.165) is 22.4 Å². The zero-order valence-electron chi connectivity index (χ0n) is 5.79. The molecule has 0 spiro atoms. The Balaban J connectivity index is 2.60. The fraction of sp³-hybridized carbons (Fsp3) is 0.286. The maximum Gasteiger partial charge on any atom is 0.117 e. The molecule has 4 heteroatoms. The molecule has 1 aromatic rings. The molecule has 0 aliphatic carbocycles. The minimum Gasteiger partial charge on any atom is -0.291 e. The van der Waals surface area contributed by atoms with Gasteiger partial charge in [-0.15, -0.1) is 0 Å². The Hall–Kier alpha value is -0.520.